The van der Waals surface area contributed by atoms with E-state index in [1.54, 1.807) is 0 Å². The van der Waals surface area contributed by atoms with Gasteiger partial charge < -0.3 is 5.73 Å². The first-order valence-electron chi connectivity index (χ1n) is 22.5. The monoisotopic (exact) mass is 856 g/mol. The summed E-state index contributed by atoms with van der Waals surface area (Å²) in [7, 11) is 0. The molecule has 4 nitrogen and oxygen atoms in total. The van der Waals surface area contributed by atoms with E-state index in [0.717, 1.165) is 77.3 Å². The first-order chi connectivity index (χ1) is 33.0. The Morgan fingerprint density at radius 3 is 1.33 bits per heavy atom. The number of anilines is 1. The number of nitrogens with zero attached hydrogens (tertiary/aromatic N) is 1. The number of nitrogens with two attached hydrogens (primary N) is 1. The lowest BCUT2D eigenvalue weighted by Gasteiger charge is -2.20. The number of fused-ring (bicyclic) bond motifs is 4. The second kappa shape index (κ2) is 17.5. The molecule has 0 saturated carbocycles. The van der Waals surface area contributed by atoms with E-state index in [4.69, 9.17) is 16.6 Å². The van der Waals surface area contributed by atoms with Crippen LogP contribution in [0.1, 0.15) is 11.1 Å². The highest BCUT2D eigenvalue weighted by atomic mass is 14.6. The van der Waals surface area contributed by atoms with Gasteiger partial charge in [-0.3, -0.25) is 15.8 Å². The first-order valence-corrected chi connectivity index (χ1v) is 22.5. The normalized spacial score (nSPS) is 12.5. The molecule has 1 aliphatic carbocycles. The van der Waals surface area contributed by atoms with Crippen LogP contribution in [0.15, 0.2) is 243 Å². The van der Waals surface area contributed by atoms with Crippen molar-refractivity contribution < 1.29 is 0 Å². The van der Waals surface area contributed by atoms with Crippen LogP contribution in [0.5, 0.6) is 0 Å². The maximum Gasteiger partial charge on any atom is 0.0868 e. The van der Waals surface area contributed by atoms with Gasteiger partial charge in [-0.1, -0.05) is 176 Å². The molecule has 1 aliphatic rings. The molecule has 4 N–H and O–H groups in total. The van der Waals surface area contributed by atoms with Gasteiger partial charge in [-0.25, -0.2) is 0 Å². The molecular formula is C63H44N4. The van der Waals surface area contributed by atoms with Gasteiger partial charge in [0.05, 0.1) is 11.4 Å². The van der Waals surface area contributed by atoms with Crippen molar-refractivity contribution in [3.63, 3.8) is 0 Å². The van der Waals surface area contributed by atoms with Gasteiger partial charge >= 0.3 is 0 Å². The molecule has 1 aromatic heterocycles. The Balaban J connectivity index is 0.000000159. The molecule has 10 aromatic carbocycles. The summed E-state index contributed by atoms with van der Waals surface area (Å²) < 4.78 is 0. The highest BCUT2D eigenvalue weighted by Crippen LogP contribution is 2.44. The average Bonchev–Trinajstić information content (AvgIpc) is 3.39. The molecule has 0 aliphatic heterocycles. The van der Waals surface area contributed by atoms with Gasteiger partial charge in [0.25, 0.3) is 0 Å². The molecule has 0 fully saturated rings. The number of rotatable bonds is 6. The maximum absolute atomic E-state index is 8.99. The third kappa shape index (κ3) is 7.77. The van der Waals surface area contributed by atoms with E-state index in [9.17, 15) is 0 Å². The van der Waals surface area contributed by atoms with Crippen LogP contribution in [0.25, 0.3) is 98.7 Å². The molecular weight excluding hydrogens is 813 g/mol. The fourth-order valence-electron chi connectivity index (χ4n) is 9.60. The molecule has 0 spiro atoms. The molecule has 67 heavy (non-hydrogen) atoms. The second-order valence-corrected chi connectivity index (χ2v) is 16.9. The lowest BCUT2D eigenvalue weighted by Crippen LogP contribution is -2.16. The van der Waals surface area contributed by atoms with E-state index in [1.165, 1.54) is 38.2 Å². The summed E-state index contributed by atoms with van der Waals surface area (Å²) in [5.74, 6) is 0. The van der Waals surface area contributed by atoms with Crippen LogP contribution in [0, 0.1) is 10.8 Å². The summed E-state index contributed by atoms with van der Waals surface area (Å²) in [5.41, 5.74) is 20.2. The van der Waals surface area contributed by atoms with E-state index < -0.39 is 0 Å². The fraction of sp³-hybridized carbons (Fsp3) is 0. The predicted molar refractivity (Wildman–Crippen MR) is 285 cm³/mol. The Morgan fingerprint density at radius 2 is 0.806 bits per heavy atom. The first kappa shape index (κ1) is 40.8. The van der Waals surface area contributed by atoms with Gasteiger partial charge in [0.2, 0.25) is 0 Å². The highest BCUT2D eigenvalue weighted by Gasteiger charge is 2.23. The van der Waals surface area contributed by atoms with E-state index in [0.29, 0.717) is 0 Å². The predicted octanol–water partition coefficient (Wildman–Crippen LogP) is 16.2. The number of nitrogen functional groups attached to an aromatic ring is 1. The lowest BCUT2D eigenvalue weighted by atomic mass is 9.83. The Morgan fingerprint density at radius 1 is 0.358 bits per heavy atom. The summed E-state index contributed by atoms with van der Waals surface area (Å²) in [6, 6.07) is 75.8. The minimum absolute atomic E-state index is 0.218. The number of hydrogen-bond donors (Lipinski definition) is 3. The average molecular weight is 857 g/mol. The van der Waals surface area contributed by atoms with E-state index in [1.807, 2.05) is 67.0 Å². The summed E-state index contributed by atoms with van der Waals surface area (Å²) in [4.78, 5) is 4.35. The van der Waals surface area contributed by atoms with Crippen LogP contribution >= 0.6 is 0 Å². The Bertz CT molecular complexity index is 3700. The molecule has 1 heterocycles. The van der Waals surface area contributed by atoms with Crippen LogP contribution in [0.3, 0.4) is 0 Å². The zero-order valence-electron chi connectivity index (χ0n) is 36.6. The molecule has 0 amide bonds. The number of benzene rings is 10. The number of nitrogens with one attached hydrogen (secondary N) is 2. The van der Waals surface area contributed by atoms with E-state index in [-0.39, 0.29) is 11.4 Å². The largest absolute Gasteiger partial charge is 0.399 e. The molecule has 0 bridgehead atoms. The SMILES string of the molecule is N=C1C=C(c2cc(-c3ccccc3)cc3ccccc23)C=C(c2cc(-c3ccccc3)cc3ccccc23)C1=N.Nc1ccc(-c2c3ccccc3c(-c3cccnc3)c3ccccc23)cc1. The lowest BCUT2D eigenvalue weighted by molar-refractivity contribution is 1.33. The highest BCUT2D eigenvalue weighted by molar-refractivity contribution is 6.62. The van der Waals surface area contributed by atoms with Crippen molar-refractivity contribution in [3.05, 3.63) is 254 Å². The van der Waals surface area contributed by atoms with Crippen LogP contribution in [-0.4, -0.2) is 16.4 Å². The van der Waals surface area contributed by atoms with Gasteiger partial charge in [-0.05, 0) is 153 Å². The van der Waals surface area contributed by atoms with Gasteiger partial charge in [-0.2, -0.15) is 0 Å². The van der Waals surface area contributed by atoms with Crippen molar-refractivity contribution in [3.8, 4) is 44.5 Å². The van der Waals surface area contributed by atoms with Crippen molar-refractivity contribution in [2.24, 2.45) is 0 Å². The number of aromatic nitrogens is 1. The number of pyridine rings is 1. The Kier molecular flexibility index (Phi) is 10.7. The third-order valence-corrected chi connectivity index (χ3v) is 12.8. The summed E-state index contributed by atoms with van der Waals surface area (Å²) in [6.07, 6.45) is 7.70. The van der Waals surface area contributed by atoms with E-state index >= 15 is 0 Å². The minimum Gasteiger partial charge on any atom is -0.399 e. The van der Waals surface area contributed by atoms with Crippen LogP contribution in [-0.2, 0) is 0 Å². The van der Waals surface area contributed by atoms with E-state index in [2.05, 4.69) is 181 Å². The fourth-order valence-corrected chi connectivity index (χ4v) is 9.60. The van der Waals surface area contributed by atoms with Crippen LogP contribution < -0.4 is 5.73 Å². The molecule has 4 heteroatoms. The summed E-state index contributed by atoms with van der Waals surface area (Å²) in [6.45, 7) is 0. The number of hydrogen-bond acceptors (Lipinski definition) is 4. The maximum atomic E-state index is 8.99. The zero-order chi connectivity index (χ0) is 45.3. The van der Waals surface area contributed by atoms with Crippen LogP contribution in [0.2, 0.25) is 0 Å². The second-order valence-electron chi connectivity index (χ2n) is 16.9. The molecule has 0 atom stereocenters. The van der Waals surface area contributed by atoms with Gasteiger partial charge in [0.15, 0.2) is 0 Å². The Labute approximate surface area is 389 Å². The van der Waals surface area contributed by atoms with Crippen molar-refractivity contribution in [1.29, 1.82) is 10.8 Å². The molecule has 316 valence electrons. The van der Waals surface area contributed by atoms with Crippen LogP contribution in [0.4, 0.5) is 5.69 Å². The topological polar surface area (TPSA) is 86.6 Å². The van der Waals surface area contributed by atoms with Gasteiger partial charge in [0.1, 0.15) is 0 Å². The van der Waals surface area contributed by atoms with Gasteiger partial charge in [-0.15, -0.1) is 0 Å². The molecule has 0 radical (unpaired) electrons. The minimum atomic E-state index is 0.218. The van der Waals surface area contributed by atoms with Crippen molar-refractivity contribution in [2.75, 3.05) is 5.73 Å². The third-order valence-electron chi connectivity index (χ3n) is 12.8. The smallest absolute Gasteiger partial charge is 0.0868 e. The summed E-state index contributed by atoms with van der Waals surface area (Å²) >= 11 is 0. The van der Waals surface area contributed by atoms with Crippen molar-refractivity contribution >= 4 is 71.3 Å². The zero-order valence-corrected chi connectivity index (χ0v) is 36.6. The standard InChI is InChI=1S/C38H26N2.C25H18N2/c39-37-24-31(34-21-29(25-11-3-1-4-12-25)19-27-15-7-9-17-32(27)34)23-36(38(37)40)35-22-30(26-13-5-2-6-14-26)20-28-16-8-10-18-33(28)35;26-19-13-11-17(12-14-19)24-20-7-1-3-9-22(20)25(18-6-5-15-27-16-18)23-10-4-2-8-21(23)24/h1-24,39-40H;1-16H,26H2. The molecule has 12 rings (SSSR count). The molecule has 0 saturated heterocycles. The van der Waals surface area contributed by atoms with Crippen molar-refractivity contribution in [1.82, 2.24) is 4.98 Å². The van der Waals surface area contributed by atoms with Gasteiger partial charge in [0, 0.05) is 29.2 Å². The number of allylic oxidation sites excluding steroid dienone is 4. The van der Waals surface area contributed by atoms with Crippen molar-refractivity contribution in [2.45, 2.75) is 0 Å². The molecule has 11 aromatic rings. The molecule has 0 unspecified atom stereocenters. The summed E-state index contributed by atoms with van der Waals surface area (Å²) in [5, 5.41) is 27.3. The quantitative estimate of drug-likeness (QED) is 0.0884. The Hall–Kier alpha value is -8.99.